The maximum atomic E-state index is 12.7. The standard InChI is InChI=1S/C23H35N3O4/c1-15(2)13-20(21(24)27)25-22(28)19-8-7-18(6-5-16-9-11-29-12-10-16)23(26-19)30-14-17-3-4-17/h7-8,15-17,20H,3-6,9-14H2,1-2H3,(H2,24,27)(H,25,28)/t20-/m0/s1. The number of hydrogen-bond acceptors (Lipinski definition) is 5. The molecule has 2 fully saturated rings. The number of nitrogens with two attached hydrogens (primary N) is 1. The Labute approximate surface area is 179 Å². The Morgan fingerprint density at radius 1 is 1.20 bits per heavy atom. The third kappa shape index (κ3) is 6.97. The van der Waals surface area contributed by atoms with Crippen molar-refractivity contribution in [3.05, 3.63) is 23.4 Å². The molecule has 1 saturated carbocycles. The fraction of sp³-hybridized carbons (Fsp3) is 0.696. The van der Waals surface area contributed by atoms with Crippen molar-refractivity contribution in [2.45, 2.75) is 64.8 Å². The number of primary amides is 1. The monoisotopic (exact) mass is 417 g/mol. The summed E-state index contributed by atoms with van der Waals surface area (Å²) < 4.78 is 11.4. The van der Waals surface area contributed by atoms with E-state index in [4.69, 9.17) is 15.2 Å². The van der Waals surface area contributed by atoms with E-state index in [0.717, 1.165) is 44.5 Å². The molecule has 2 heterocycles. The van der Waals surface area contributed by atoms with Gasteiger partial charge < -0.3 is 20.5 Å². The predicted molar refractivity (Wildman–Crippen MR) is 114 cm³/mol. The highest BCUT2D eigenvalue weighted by atomic mass is 16.5. The van der Waals surface area contributed by atoms with Crippen LogP contribution in [0.15, 0.2) is 12.1 Å². The molecule has 1 atom stereocenters. The first-order valence-electron chi connectivity index (χ1n) is 11.2. The van der Waals surface area contributed by atoms with E-state index in [2.05, 4.69) is 10.3 Å². The van der Waals surface area contributed by atoms with Crippen molar-refractivity contribution in [3.8, 4) is 5.88 Å². The summed E-state index contributed by atoms with van der Waals surface area (Å²) >= 11 is 0. The summed E-state index contributed by atoms with van der Waals surface area (Å²) in [4.78, 5) is 28.9. The molecule has 1 aromatic heterocycles. The normalized spacial score (nSPS) is 18.2. The average molecular weight is 418 g/mol. The summed E-state index contributed by atoms with van der Waals surface area (Å²) in [5.74, 6) is 1.10. The summed E-state index contributed by atoms with van der Waals surface area (Å²) in [6, 6.07) is 2.94. The Balaban J connectivity index is 1.68. The Morgan fingerprint density at radius 2 is 1.93 bits per heavy atom. The van der Waals surface area contributed by atoms with E-state index in [1.807, 2.05) is 19.9 Å². The van der Waals surface area contributed by atoms with Crippen molar-refractivity contribution in [2.75, 3.05) is 19.8 Å². The van der Waals surface area contributed by atoms with E-state index in [1.54, 1.807) is 6.07 Å². The first-order valence-corrected chi connectivity index (χ1v) is 11.2. The number of rotatable bonds is 11. The third-order valence-corrected chi connectivity index (χ3v) is 5.84. The van der Waals surface area contributed by atoms with Gasteiger partial charge >= 0.3 is 0 Å². The van der Waals surface area contributed by atoms with Crippen LogP contribution < -0.4 is 15.8 Å². The highest BCUT2D eigenvalue weighted by molar-refractivity contribution is 5.95. The molecule has 3 rings (SSSR count). The Hall–Kier alpha value is -2.15. The lowest BCUT2D eigenvalue weighted by Crippen LogP contribution is -2.45. The number of pyridine rings is 1. The molecule has 0 unspecified atom stereocenters. The number of nitrogens with one attached hydrogen (secondary N) is 1. The number of hydrogen-bond donors (Lipinski definition) is 2. The minimum atomic E-state index is -0.705. The second kappa shape index (κ2) is 10.8. The topological polar surface area (TPSA) is 104 Å². The lowest BCUT2D eigenvalue weighted by molar-refractivity contribution is -0.120. The van der Waals surface area contributed by atoms with E-state index >= 15 is 0 Å². The van der Waals surface area contributed by atoms with Crippen LogP contribution in [0.4, 0.5) is 0 Å². The summed E-state index contributed by atoms with van der Waals surface area (Å²) in [6.07, 6.45) is 6.99. The van der Waals surface area contributed by atoms with E-state index in [1.165, 1.54) is 12.8 Å². The lowest BCUT2D eigenvalue weighted by Gasteiger charge is -2.22. The van der Waals surface area contributed by atoms with Crippen LogP contribution in [0.2, 0.25) is 0 Å². The Morgan fingerprint density at radius 3 is 2.57 bits per heavy atom. The largest absolute Gasteiger partial charge is 0.477 e. The Bertz CT molecular complexity index is 727. The average Bonchev–Trinajstić information content (AvgIpc) is 3.55. The number of ether oxygens (including phenoxy) is 2. The van der Waals surface area contributed by atoms with Gasteiger partial charge in [-0.3, -0.25) is 9.59 Å². The van der Waals surface area contributed by atoms with Crippen LogP contribution in [0, 0.1) is 17.8 Å². The third-order valence-electron chi connectivity index (χ3n) is 5.84. The molecule has 1 aliphatic carbocycles. The zero-order chi connectivity index (χ0) is 21.5. The number of aryl methyl sites for hydroxylation is 1. The first-order chi connectivity index (χ1) is 14.4. The van der Waals surface area contributed by atoms with Gasteiger partial charge in [0.25, 0.3) is 5.91 Å². The molecule has 0 radical (unpaired) electrons. The molecule has 1 saturated heterocycles. The number of carbonyl (C=O) groups is 2. The van der Waals surface area contributed by atoms with Crippen LogP contribution in [0.25, 0.3) is 0 Å². The fourth-order valence-corrected chi connectivity index (χ4v) is 3.74. The molecule has 0 spiro atoms. The van der Waals surface area contributed by atoms with Crippen molar-refractivity contribution in [3.63, 3.8) is 0 Å². The summed E-state index contributed by atoms with van der Waals surface area (Å²) in [6.45, 7) is 6.28. The lowest BCUT2D eigenvalue weighted by atomic mass is 9.93. The van der Waals surface area contributed by atoms with Crippen LogP contribution in [0.5, 0.6) is 5.88 Å². The molecule has 7 heteroatoms. The molecule has 30 heavy (non-hydrogen) atoms. The van der Waals surface area contributed by atoms with E-state index in [-0.39, 0.29) is 11.6 Å². The molecule has 2 amide bonds. The molecule has 166 valence electrons. The molecule has 0 bridgehead atoms. The number of nitrogens with zero attached hydrogens (tertiary/aromatic N) is 1. The summed E-state index contributed by atoms with van der Waals surface area (Å²) in [7, 11) is 0. The number of aromatic nitrogens is 1. The smallest absolute Gasteiger partial charge is 0.270 e. The number of amides is 2. The molecule has 1 aromatic rings. The van der Waals surface area contributed by atoms with Crippen LogP contribution in [0.1, 0.15) is 68.4 Å². The molecule has 7 nitrogen and oxygen atoms in total. The van der Waals surface area contributed by atoms with Gasteiger partial charge in [0.1, 0.15) is 11.7 Å². The summed E-state index contributed by atoms with van der Waals surface area (Å²) in [5, 5.41) is 2.73. The zero-order valence-electron chi connectivity index (χ0n) is 18.2. The Kier molecular flexibility index (Phi) is 8.08. The van der Waals surface area contributed by atoms with Crippen molar-refractivity contribution < 1.29 is 19.1 Å². The van der Waals surface area contributed by atoms with Gasteiger partial charge in [-0.25, -0.2) is 4.98 Å². The van der Waals surface area contributed by atoms with Crippen LogP contribution in [0.3, 0.4) is 0 Å². The van der Waals surface area contributed by atoms with Crippen molar-refractivity contribution in [2.24, 2.45) is 23.5 Å². The maximum Gasteiger partial charge on any atom is 0.270 e. The molecule has 1 aliphatic heterocycles. The number of carbonyl (C=O) groups excluding carboxylic acids is 2. The van der Waals surface area contributed by atoms with Gasteiger partial charge in [0.2, 0.25) is 11.8 Å². The van der Waals surface area contributed by atoms with Gasteiger partial charge in [0.05, 0.1) is 6.61 Å². The fourth-order valence-electron chi connectivity index (χ4n) is 3.74. The second-order valence-electron chi connectivity index (χ2n) is 9.07. The minimum Gasteiger partial charge on any atom is -0.477 e. The van der Waals surface area contributed by atoms with E-state index in [0.29, 0.717) is 30.7 Å². The first kappa shape index (κ1) is 22.5. The predicted octanol–water partition coefficient (Wildman–Crippen LogP) is 2.86. The highest BCUT2D eigenvalue weighted by Gasteiger charge is 2.25. The van der Waals surface area contributed by atoms with Crippen LogP contribution >= 0.6 is 0 Å². The minimum absolute atomic E-state index is 0.237. The second-order valence-corrected chi connectivity index (χ2v) is 9.07. The highest BCUT2D eigenvalue weighted by Crippen LogP contribution is 2.31. The SMILES string of the molecule is CC(C)C[C@H](NC(=O)c1ccc(CCC2CCOCC2)c(OCC2CC2)n1)C(N)=O. The van der Waals surface area contributed by atoms with Gasteiger partial charge in [-0.05, 0) is 68.8 Å². The van der Waals surface area contributed by atoms with Gasteiger partial charge in [0, 0.05) is 18.8 Å². The van der Waals surface area contributed by atoms with Crippen molar-refractivity contribution >= 4 is 11.8 Å². The zero-order valence-corrected chi connectivity index (χ0v) is 18.2. The molecular weight excluding hydrogens is 382 g/mol. The molecule has 3 N–H and O–H groups in total. The van der Waals surface area contributed by atoms with E-state index in [9.17, 15) is 9.59 Å². The van der Waals surface area contributed by atoms with Gasteiger partial charge in [-0.2, -0.15) is 0 Å². The van der Waals surface area contributed by atoms with Crippen molar-refractivity contribution in [1.82, 2.24) is 10.3 Å². The van der Waals surface area contributed by atoms with E-state index < -0.39 is 17.9 Å². The van der Waals surface area contributed by atoms with Gasteiger partial charge in [0.15, 0.2) is 0 Å². The molecular formula is C23H35N3O4. The van der Waals surface area contributed by atoms with Crippen LogP contribution in [-0.2, 0) is 16.0 Å². The molecule has 0 aromatic carbocycles. The van der Waals surface area contributed by atoms with Crippen LogP contribution in [-0.4, -0.2) is 42.7 Å². The molecule has 2 aliphatic rings. The maximum absolute atomic E-state index is 12.7. The van der Waals surface area contributed by atoms with Gasteiger partial charge in [-0.1, -0.05) is 19.9 Å². The summed E-state index contributed by atoms with van der Waals surface area (Å²) in [5.41, 5.74) is 6.75. The van der Waals surface area contributed by atoms with Crippen molar-refractivity contribution in [1.29, 1.82) is 0 Å². The quantitative estimate of drug-likeness (QED) is 0.576. The van der Waals surface area contributed by atoms with Gasteiger partial charge in [-0.15, -0.1) is 0 Å².